The molecule has 0 spiro atoms. The number of anilines is 2. The fourth-order valence-electron chi connectivity index (χ4n) is 3.38. The van der Waals surface area contributed by atoms with E-state index in [1.54, 1.807) is 67.7 Å². The Morgan fingerprint density at radius 1 is 0.943 bits per heavy atom. The van der Waals surface area contributed by atoms with Gasteiger partial charge in [0.2, 0.25) is 5.91 Å². The summed E-state index contributed by atoms with van der Waals surface area (Å²) in [7, 11) is 3.11. The zero-order valence-corrected chi connectivity index (χ0v) is 20.6. The number of rotatable bonds is 8. The van der Waals surface area contributed by atoms with Crippen molar-refractivity contribution in [1.82, 2.24) is 5.32 Å². The normalized spacial score (nSPS) is 10.5. The van der Waals surface area contributed by atoms with Crippen LogP contribution in [0.4, 0.5) is 11.4 Å². The van der Waals surface area contributed by atoms with Crippen LogP contribution < -0.4 is 25.0 Å². The fraction of sp³-hybridized carbons (Fsp3) is 0.148. The lowest BCUT2D eigenvalue weighted by atomic mass is 10.1. The van der Waals surface area contributed by atoms with Crippen LogP contribution in [0.2, 0.25) is 0 Å². The molecular formula is C27H27N3O4S. The molecule has 0 bridgehead atoms. The Labute approximate surface area is 210 Å². The zero-order valence-electron chi connectivity index (χ0n) is 19.8. The van der Waals surface area contributed by atoms with Crippen LogP contribution in [0.1, 0.15) is 22.8 Å². The van der Waals surface area contributed by atoms with E-state index in [0.717, 1.165) is 11.3 Å². The summed E-state index contributed by atoms with van der Waals surface area (Å²) in [5.41, 5.74) is 2.68. The molecule has 0 heterocycles. The third kappa shape index (κ3) is 6.91. The number of nitrogens with one attached hydrogen (secondary N) is 2. The van der Waals surface area contributed by atoms with Gasteiger partial charge < -0.3 is 19.7 Å². The number of para-hydroxylation sites is 1. The number of nitrogens with zero attached hydrogens (tertiary/aromatic N) is 1. The molecule has 0 aromatic heterocycles. The maximum absolute atomic E-state index is 13.1. The van der Waals surface area contributed by atoms with Crippen molar-refractivity contribution >= 4 is 46.6 Å². The van der Waals surface area contributed by atoms with E-state index in [9.17, 15) is 9.59 Å². The molecule has 0 aliphatic carbocycles. The second-order valence-corrected chi connectivity index (χ2v) is 7.77. The molecule has 0 radical (unpaired) electrons. The van der Waals surface area contributed by atoms with E-state index in [0.29, 0.717) is 29.3 Å². The lowest BCUT2D eigenvalue weighted by Gasteiger charge is -2.21. The van der Waals surface area contributed by atoms with Gasteiger partial charge >= 0.3 is 0 Å². The van der Waals surface area contributed by atoms with Crippen molar-refractivity contribution in [2.24, 2.45) is 0 Å². The van der Waals surface area contributed by atoms with Gasteiger partial charge in [0.25, 0.3) is 5.91 Å². The number of carbonyl (C=O) groups excluding carboxylic acids is 2. The molecule has 2 amide bonds. The maximum atomic E-state index is 13.1. The van der Waals surface area contributed by atoms with Crippen LogP contribution in [0.5, 0.6) is 11.5 Å². The summed E-state index contributed by atoms with van der Waals surface area (Å²) in [5, 5.41) is 5.67. The SMILES string of the molecule is CCN(C(=O)c1cccc(NC(=S)NC(=O)/C=C/c2ccc(OC)c(OC)c2)c1)c1ccccc1. The third-order valence-electron chi connectivity index (χ3n) is 5.07. The van der Waals surface area contributed by atoms with Crippen LogP contribution in [0.25, 0.3) is 6.08 Å². The molecule has 3 aromatic carbocycles. The number of amides is 2. The van der Waals surface area contributed by atoms with Crippen molar-refractivity contribution in [2.45, 2.75) is 6.92 Å². The van der Waals surface area contributed by atoms with E-state index in [4.69, 9.17) is 21.7 Å². The van der Waals surface area contributed by atoms with Crippen molar-refractivity contribution in [3.05, 3.63) is 90.0 Å². The first-order valence-corrected chi connectivity index (χ1v) is 11.3. The molecule has 0 saturated carbocycles. The van der Waals surface area contributed by atoms with Gasteiger partial charge in [-0.2, -0.15) is 0 Å². The van der Waals surface area contributed by atoms with Crippen LogP contribution in [0, 0.1) is 0 Å². The van der Waals surface area contributed by atoms with E-state index in [1.165, 1.54) is 6.08 Å². The second kappa shape index (κ2) is 12.3. The molecule has 0 aliphatic rings. The molecule has 0 saturated heterocycles. The lowest BCUT2D eigenvalue weighted by Crippen LogP contribution is -2.33. The Bertz CT molecular complexity index is 1230. The van der Waals surface area contributed by atoms with E-state index in [2.05, 4.69) is 10.6 Å². The molecule has 8 heteroatoms. The van der Waals surface area contributed by atoms with E-state index >= 15 is 0 Å². The predicted molar refractivity (Wildman–Crippen MR) is 143 cm³/mol. The van der Waals surface area contributed by atoms with Gasteiger partial charge in [0.05, 0.1) is 14.2 Å². The van der Waals surface area contributed by atoms with Crippen molar-refractivity contribution in [1.29, 1.82) is 0 Å². The molecule has 0 atom stereocenters. The summed E-state index contributed by atoms with van der Waals surface area (Å²) >= 11 is 5.27. The van der Waals surface area contributed by atoms with E-state index < -0.39 is 5.91 Å². The van der Waals surface area contributed by atoms with Gasteiger partial charge in [-0.05, 0) is 73.2 Å². The minimum absolute atomic E-state index is 0.118. The molecule has 3 rings (SSSR count). The Balaban J connectivity index is 1.62. The average Bonchev–Trinajstić information content (AvgIpc) is 2.88. The number of methoxy groups -OCH3 is 2. The number of hydrogen-bond acceptors (Lipinski definition) is 5. The van der Waals surface area contributed by atoms with Gasteiger partial charge in [0, 0.05) is 29.6 Å². The molecule has 180 valence electrons. The highest BCUT2D eigenvalue weighted by Crippen LogP contribution is 2.28. The van der Waals surface area contributed by atoms with Crippen molar-refractivity contribution in [3.8, 4) is 11.5 Å². The summed E-state index contributed by atoms with van der Waals surface area (Å²) in [5.74, 6) is 0.641. The standard InChI is InChI=1S/C27H27N3O4S/c1-4-30(22-11-6-5-7-12-22)26(32)20-9-8-10-21(18-20)28-27(35)29-25(31)16-14-19-13-15-23(33-2)24(17-19)34-3/h5-18H,4H2,1-3H3,(H2,28,29,31,35)/b16-14+. The first kappa shape index (κ1) is 25.5. The predicted octanol–water partition coefficient (Wildman–Crippen LogP) is 4.90. The van der Waals surface area contributed by atoms with Crippen LogP contribution in [0.3, 0.4) is 0 Å². The minimum Gasteiger partial charge on any atom is -0.493 e. The molecule has 0 unspecified atom stereocenters. The topological polar surface area (TPSA) is 79.9 Å². The third-order valence-corrected chi connectivity index (χ3v) is 5.27. The molecule has 0 aliphatic heterocycles. The van der Waals surface area contributed by atoms with E-state index in [-0.39, 0.29) is 11.0 Å². The molecule has 2 N–H and O–H groups in total. The maximum Gasteiger partial charge on any atom is 0.258 e. The first-order valence-electron chi connectivity index (χ1n) is 10.9. The molecule has 0 fully saturated rings. The number of hydrogen-bond donors (Lipinski definition) is 2. The Kier molecular flexibility index (Phi) is 8.97. The summed E-state index contributed by atoms with van der Waals surface area (Å²) < 4.78 is 10.5. The van der Waals surface area contributed by atoms with Gasteiger partial charge in [-0.25, -0.2) is 0 Å². The highest BCUT2D eigenvalue weighted by molar-refractivity contribution is 7.80. The Morgan fingerprint density at radius 3 is 2.37 bits per heavy atom. The summed E-state index contributed by atoms with van der Waals surface area (Å²) in [4.78, 5) is 27.1. The van der Waals surface area contributed by atoms with Crippen molar-refractivity contribution in [2.75, 3.05) is 31.0 Å². The highest BCUT2D eigenvalue weighted by atomic mass is 32.1. The molecule has 7 nitrogen and oxygen atoms in total. The summed E-state index contributed by atoms with van der Waals surface area (Å²) in [6.45, 7) is 2.45. The van der Waals surface area contributed by atoms with Crippen LogP contribution in [-0.4, -0.2) is 37.7 Å². The number of carbonyl (C=O) groups is 2. The molecular weight excluding hydrogens is 462 g/mol. The fourth-order valence-corrected chi connectivity index (χ4v) is 3.60. The van der Waals surface area contributed by atoms with Crippen LogP contribution in [-0.2, 0) is 4.79 Å². The second-order valence-electron chi connectivity index (χ2n) is 7.36. The summed E-state index contributed by atoms with van der Waals surface area (Å²) in [6.07, 6.45) is 3.01. The van der Waals surface area contributed by atoms with Gasteiger partial charge in [0.1, 0.15) is 0 Å². The van der Waals surface area contributed by atoms with Crippen LogP contribution in [0.15, 0.2) is 78.9 Å². The molecule has 35 heavy (non-hydrogen) atoms. The van der Waals surface area contributed by atoms with Gasteiger partial charge in [-0.3, -0.25) is 14.9 Å². The van der Waals surface area contributed by atoms with Gasteiger partial charge in [-0.1, -0.05) is 30.3 Å². The lowest BCUT2D eigenvalue weighted by molar-refractivity contribution is -0.115. The Hall–Kier alpha value is -4.17. The van der Waals surface area contributed by atoms with Crippen LogP contribution >= 0.6 is 12.2 Å². The minimum atomic E-state index is -0.397. The molecule has 3 aromatic rings. The largest absolute Gasteiger partial charge is 0.493 e. The Morgan fingerprint density at radius 2 is 1.69 bits per heavy atom. The van der Waals surface area contributed by atoms with Crippen molar-refractivity contribution < 1.29 is 19.1 Å². The number of ether oxygens (including phenoxy) is 2. The van der Waals surface area contributed by atoms with Crippen molar-refractivity contribution in [3.63, 3.8) is 0 Å². The van der Waals surface area contributed by atoms with E-state index in [1.807, 2.05) is 37.3 Å². The number of benzene rings is 3. The average molecular weight is 490 g/mol. The number of thiocarbonyl (C=S) groups is 1. The van der Waals surface area contributed by atoms with Gasteiger partial charge in [-0.15, -0.1) is 0 Å². The first-order chi connectivity index (χ1) is 16.9. The highest BCUT2D eigenvalue weighted by Gasteiger charge is 2.16. The smallest absolute Gasteiger partial charge is 0.258 e. The monoisotopic (exact) mass is 489 g/mol. The van der Waals surface area contributed by atoms with Gasteiger partial charge in [0.15, 0.2) is 16.6 Å². The summed E-state index contributed by atoms with van der Waals surface area (Å²) in [6, 6.07) is 21.8. The zero-order chi connectivity index (χ0) is 25.2. The quantitative estimate of drug-likeness (QED) is 0.346.